The highest BCUT2D eigenvalue weighted by Gasteiger charge is 2.26. The van der Waals surface area contributed by atoms with Gasteiger partial charge in [-0.05, 0) is 37.1 Å². The van der Waals surface area contributed by atoms with Gasteiger partial charge in [-0.25, -0.2) is 9.37 Å². The van der Waals surface area contributed by atoms with Gasteiger partial charge in [-0.2, -0.15) is 0 Å². The van der Waals surface area contributed by atoms with Crippen LogP contribution >= 0.6 is 11.3 Å². The topological polar surface area (TPSA) is 37.6 Å². The number of hydrogen-bond donors (Lipinski definition) is 0. The number of halogens is 1. The van der Waals surface area contributed by atoms with Crippen molar-refractivity contribution >= 4 is 22.2 Å². The Morgan fingerprint density at radius 3 is 2.70 bits per heavy atom. The van der Waals surface area contributed by atoms with Crippen molar-refractivity contribution in [2.45, 2.75) is 18.8 Å². The molecule has 0 spiro atoms. The van der Waals surface area contributed by atoms with Gasteiger partial charge in [0.05, 0.1) is 0 Å². The average Bonchev–Trinajstić information content (AvgIpc) is 3.18. The highest BCUT2D eigenvalue weighted by molar-refractivity contribution is 7.15. The summed E-state index contributed by atoms with van der Waals surface area (Å²) in [6, 6.07) is 5.78. The first-order valence-corrected chi connectivity index (χ1v) is 8.55. The molecule has 0 radical (unpaired) electrons. The molecule has 1 aromatic carbocycles. The number of aromatic nitrogens is 2. The number of imidazole rings is 1. The van der Waals surface area contributed by atoms with E-state index < -0.39 is 0 Å². The summed E-state index contributed by atoms with van der Waals surface area (Å²) in [5, 5.41) is 2.17. The Morgan fingerprint density at radius 1 is 1.22 bits per heavy atom. The zero-order chi connectivity index (χ0) is 15.8. The van der Waals surface area contributed by atoms with Crippen molar-refractivity contribution in [3.8, 4) is 0 Å². The number of hydrogen-bond acceptors (Lipinski definition) is 3. The first-order chi connectivity index (χ1) is 11.2. The molecule has 118 valence electrons. The number of likely N-dealkylation sites (tertiary alicyclic amines) is 1. The summed E-state index contributed by atoms with van der Waals surface area (Å²) in [4.78, 5) is 19.7. The van der Waals surface area contributed by atoms with Gasteiger partial charge in [-0.3, -0.25) is 9.20 Å². The van der Waals surface area contributed by atoms with Gasteiger partial charge in [0.25, 0.3) is 5.91 Å². The number of thiazole rings is 1. The molecule has 2 aromatic heterocycles. The summed E-state index contributed by atoms with van der Waals surface area (Å²) in [6.07, 6.45) is 5.70. The van der Waals surface area contributed by atoms with Gasteiger partial charge in [0.2, 0.25) is 0 Å². The van der Waals surface area contributed by atoms with Crippen LogP contribution in [-0.2, 0) is 0 Å². The molecule has 1 aliphatic heterocycles. The number of fused-ring (bicyclic) bond motifs is 1. The average molecular weight is 329 g/mol. The maximum atomic E-state index is 13.0. The Morgan fingerprint density at radius 2 is 1.96 bits per heavy atom. The van der Waals surface area contributed by atoms with Crippen molar-refractivity contribution in [2.75, 3.05) is 13.1 Å². The predicted octanol–water partition coefficient (Wildman–Crippen LogP) is 3.55. The van der Waals surface area contributed by atoms with Crippen LogP contribution in [0, 0.1) is 5.82 Å². The van der Waals surface area contributed by atoms with Crippen molar-refractivity contribution < 1.29 is 9.18 Å². The van der Waals surface area contributed by atoms with Crippen LogP contribution in [0.4, 0.5) is 4.39 Å². The molecule has 1 fully saturated rings. The van der Waals surface area contributed by atoms with Crippen molar-refractivity contribution in [2.24, 2.45) is 0 Å². The minimum atomic E-state index is -0.318. The van der Waals surface area contributed by atoms with E-state index in [1.54, 1.807) is 23.5 Å². The number of piperidine rings is 1. The van der Waals surface area contributed by atoms with Crippen LogP contribution in [0.2, 0.25) is 0 Å². The molecule has 4 rings (SSSR count). The van der Waals surface area contributed by atoms with Crippen LogP contribution in [0.15, 0.2) is 42.0 Å². The Labute approximate surface area is 137 Å². The molecule has 4 nitrogen and oxygen atoms in total. The van der Waals surface area contributed by atoms with Gasteiger partial charge in [-0.1, -0.05) is 0 Å². The van der Waals surface area contributed by atoms with Crippen LogP contribution in [0.25, 0.3) is 4.96 Å². The van der Waals surface area contributed by atoms with E-state index in [9.17, 15) is 9.18 Å². The lowest BCUT2D eigenvalue weighted by Crippen LogP contribution is -2.38. The Hall–Kier alpha value is -2.21. The van der Waals surface area contributed by atoms with Gasteiger partial charge < -0.3 is 4.90 Å². The molecule has 0 saturated carbocycles. The second-order valence-corrected chi connectivity index (χ2v) is 6.65. The number of nitrogens with zero attached hydrogens (tertiary/aromatic N) is 3. The van der Waals surface area contributed by atoms with Gasteiger partial charge in [0.15, 0.2) is 4.96 Å². The molecule has 6 heteroatoms. The third-order valence-electron chi connectivity index (χ3n) is 4.46. The first kappa shape index (κ1) is 14.4. The SMILES string of the molecule is O=C(c1ccc(F)cc1)N1CCC(c2csc3nccn23)CC1. The van der Waals surface area contributed by atoms with E-state index in [1.807, 2.05) is 17.3 Å². The fraction of sp³-hybridized carbons (Fsp3) is 0.294. The Bertz CT molecular complexity index is 831. The first-order valence-electron chi connectivity index (χ1n) is 7.67. The molecule has 1 saturated heterocycles. The summed E-state index contributed by atoms with van der Waals surface area (Å²) in [5.41, 5.74) is 1.84. The van der Waals surface area contributed by atoms with Crippen molar-refractivity contribution in [3.63, 3.8) is 0 Å². The van der Waals surface area contributed by atoms with Crippen LogP contribution in [0.1, 0.15) is 34.8 Å². The van der Waals surface area contributed by atoms with E-state index in [0.29, 0.717) is 11.5 Å². The van der Waals surface area contributed by atoms with Crippen molar-refractivity contribution in [1.82, 2.24) is 14.3 Å². The fourth-order valence-corrected chi connectivity index (χ4v) is 4.12. The largest absolute Gasteiger partial charge is 0.339 e. The second-order valence-electron chi connectivity index (χ2n) is 5.81. The molecular formula is C17H16FN3OS. The molecule has 3 heterocycles. The lowest BCUT2D eigenvalue weighted by atomic mass is 9.93. The zero-order valence-electron chi connectivity index (χ0n) is 12.5. The normalized spacial score (nSPS) is 16.1. The van der Waals surface area contributed by atoms with Crippen LogP contribution < -0.4 is 0 Å². The fourth-order valence-electron chi connectivity index (χ4n) is 3.19. The summed E-state index contributed by atoms with van der Waals surface area (Å²) in [7, 11) is 0. The van der Waals surface area contributed by atoms with E-state index in [-0.39, 0.29) is 11.7 Å². The Balaban J connectivity index is 1.45. The standard InChI is InChI=1S/C17H16FN3OS/c18-14-3-1-13(2-4-14)16(22)20-8-5-12(6-9-20)15-11-23-17-19-7-10-21(15)17/h1-4,7,10-12H,5-6,8-9H2. The second kappa shape index (κ2) is 5.77. The van der Waals surface area contributed by atoms with E-state index >= 15 is 0 Å². The molecule has 23 heavy (non-hydrogen) atoms. The summed E-state index contributed by atoms with van der Waals surface area (Å²) >= 11 is 1.66. The molecule has 0 unspecified atom stereocenters. The van der Waals surface area contributed by atoms with Gasteiger partial charge >= 0.3 is 0 Å². The van der Waals surface area contributed by atoms with Crippen molar-refractivity contribution in [3.05, 3.63) is 59.1 Å². The van der Waals surface area contributed by atoms with Gasteiger partial charge in [0.1, 0.15) is 5.82 Å². The monoisotopic (exact) mass is 329 g/mol. The predicted molar refractivity (Wildman–Crippen MR) is 87.3 cm³/mol. The molecule has 0 atom stereocenters. The zero-order valence-corrected chi connectivity index (χ0v) is 13.3. The molecule has 3 aromatic rings. The van der Waals surface area contributed by atoms with E-state index in [4.69, 9.17) is 0 Å². The molecule has 1 aliphatic rings. The maximum Gasteiger partial charge on any atom is 0.253 e. The number of amides is 1. The Kier molecular flexibility index (Phi) is 3.61. The van der Waals surface area contributed by atoms with Gasteiger partial charge in [0, 0.05) is 48.0 Å². The quantitative estimate of drug-likeness (QED) is 0.721. The molecule has 0 N–H and O–H groups in total. The number of benzene rings is 1. The summed E-state index contributed by atoms with van der Waals surface area (Å²) in [5.74, 6) is 0.124. The molecule has 0 bridgehead atoms. The third kappa shape index (κ3) is 2.63. The van der Waals surface area contributed by atoms with Crippen LogP contribution in [0.3, 0.4) is 0 Å². The van der Waals surface area contributed by atoms with Crippen LogP contribution in [0.5, 0.6) is 0 Å². The minimum Gasteiger partial charge on any atom is -0.339 e. The van der Waals surface area contributed by atoms with Gasteiger partial charge in [-0.15, -0.1) is 11.3 Å². The minimum absolute atomic E-state index is 0.0125. The number of carbonyl (C=O) groups is 1. The van der Waals surface area contributed by atoms with E-state index in [2.05, 4.69) is 14.8 Å². The number of rotatable bonds is 2. The molecule has 1 amide bonds. The van der Waals surface area contributed by atoms with E-state index in [1.165, 1.54) is 17.8 Å². The third-order valence-corrected chi connectivity index (χ3v) is 5.33. The van der Waals surface area contributed by atoms with Crippen molar-refractivity contribution in [1.29, 1.82) is 0 Å². The number of carbonyl (C=O) groups excluding carboxylic acids is 1. The highest BCUT2D eigenvalue weighted by Crippen LogP contribution is 2.31. The van der Waals surface area contributed by atoms with Crippen LogP contribution in [-0.4, -0.2) is 33.3 Å². The lowest BCUT2D eigenvalue weighted by molar-refractivity contribution is 0.0712. The highest BCUT2D eigenvalue weighted by atomic mass is 32.1. The molecular weight excluding hydrogens is 313 g/mol. The summed E-state index contributed by atoms with van der Waals surface area (Å²) < 4.78 is 15.1. The smallest absolute Gasteiger partial charge is 0.253 e. The lowest BCUT2D eigenvalue weighted by Gasteiger charge is -2.32. The van der Waals surface area contributed by atoms with E-state index in [0.717, 1.165) is 30.9 Å². The summed E-state index contributed by atoms with van der Waals surface area (Å²) in [6.45, 7) is 1.46. The molecule has 0 aliphatic carbocycles. The maximum absolute atomic E-state index is 13.0.